The van der Waals surface area contributed by atoms with E-state index in [9.17, 15) is 13.2 Å². The van der Waals surface area contributed by atoms with Crippen LogP contribution in [-0.2, 0) is 21.4 Å². The number of nitrogens with one attached hydrogen (secondary N) is 1. The van der Waals surface area contributed by atoms with E-state index in [1.807, 2.05) is 12.1 Å². The van der Waals surface area contributed by atoms with Gasteiger partial charge in [0.1, 0.15) is 18.0 Å². The van der Waals surface area contributed by atoms with Gasteiger partial charge in [-0.1, -0.05) is 30.3 Å². The number of nitrogens with zero attached hydrogens (tertiary/aromatic N) is 2. The number of amides is 1. The molecule has 0 atom stereocenters. The lowest BCUT2D eigenvalue weighted by Crippen LogP contribution is -2.40. The second kappa shape index (κ2) is 12.0. The van der Waals surface area contributed by atoms with E-state index in [-0.39, 0.29) is 17.1 Å². The molecule has 0 unspecified atom stereocenters. The quantitative estimate of drug-likeness (QED) is 0.429. The van der Waals surface area contributed by atoms with Crippen LogP contribution in [0.3, 0.4) is 0 Å². The standard InChI is InChI=1S/C28H33N3O5S/c1-35-24-15-16-27(36-2)26(19-24)31(37(33,34)25-9-5-3-6-10-25)21-28(32)29-20-22-11-13-23(14-12-22)30-17-7-4-8-18-30/h3,5-6,9-16,19H,4,7-8,17-18,20-21H2,1-2H3,(H,29,32). The van der Waals surface area contributed by atoms with Crippen LogP contribution in [0.2, 0.25) is 0 Å². The summed E-state index contributed by atoms with van der Waals surface area (Å²) in [4.78, 5) is 15.5. The number of piperidine rings is 1. The van der Waals surface area contributed by atoms with Crippen LogP contribution >= 0.6 is 0 Å². The first kappa shape index (κ1) is 26.3. The van der Waals surface area contributed by atoms with Gasteiger partial charge in [-0.25, -0.2) is 8.42 Å². The largest absolute Gasteiger partial charge is 0.497 e. The normalized spacial score (nSPS) is 13.6. The van der Waals surface area contributed by atoms with Crippen LogP contribution in [0.25, 0.3) is 0 Å². The van der Waals surface area contributed by atoms with Crippen LogP contribution in [0.5, 0.6) is 11.5 Å². The van der Waals surface area contributed by atoms with Crippen LogP contribution < -0.4 is 24.0 Å². The zero-order valence-corrected chi connectivity index (χ0v) is 22.0. The van der Waals surface area contributed by atoms with Crippen molar-refractivity contribution in [1.29, 1.82) is 0 Å². The van der Waals surface area contributed by atoms with Gasteiger partial charge < -0.3 is 19.7 Å². The number of methoxy groups -OCH3 is 2. The van der Waals surface area contributed by atoms with Crippen LogP contribution in [-0.4, -0.2) is 48.2 Å². The van der Waals surface area contributed by atoms with Crippen molar-refractivity contribution >= 4 is 27.3 Å². The van der Waals surface area contributed by atoms with Crippen LogP contribution in [0.4, 0.5) is 11.4 Å². The van der Waals surface area contributed by atoms with Gasteiger partial charge >= 0.3 is 0 Å². The smallest absolute Gasteiger partial charge is 0.264 e. The number of carbonyl (C=O) groups is 1. The fourth-order valence-corrected chi connectivity index (χ4v) is 5.82. The van der Waals surface area contributed by atoms with Gasteiger partial charge in [0.15, 0.2) is 0 Å². The molecule has 0 bridgehead atoms. The second-order valence-corrected chi connectivity index (χ2v) is 10.7. The Labute approximate surface area is 218 Å². The average Bonchev–Trinajstić information content (AvgIpc) is 2.95. The van der Waals surface area contributed by atoms with Crippen LogP contribution in [0, 0.1) is 0 Å². The maximum atomic E-state index is 13.6. The molecule has 1 amide bonds. The number of sulfonamides is 1. The highest BCUT2D eigenvalue weighted by Crippen LogP contribution is 2.35. The molecule has 0 radical (unpaired) electrons. The summed E-state index contributed by atoms with van der Waals surface area (Å²) in [5.41, 5.74) is 2.33. The van der Waals surface area contributed by atoms with Gasteiger partial charge in [0.05, 0.1) is 24.8 Å². The van der Waals surface area contributed by atoms with Gasteiger partial charge in [0, 0.05) is 31.4 Å². The Morgan fingerprint density at radius 2 is 1.62 bits per heavy atom. The summed E-state index contributed by atoms with van der Waals surface area (Å²) in [6.45, 7) is 1.99. The predicted molar refractivity (Wildman–Crippen MR) is 145 cm³/mol. The van der Waals surface area contributed by atoms with Crippen molar-refractivity contribution in [3.63, 3.8) is 0 Å². The first-order chi connectivity index (χ1) is 17.9. The van der Waals surface area contributed by atoms with Crippen molar-refractivity contribution in [2.45, 2.75) is 30.7 Å². The zero-order chi connectivity index (χ0) is 26.3. The molecule has 0 aliphatic carbocycles. The summed E-state index contributed by atoms with van der Waals surface area (Å²) in [7, 11) is -1.13. The molecule has 196 valence electrons. The summed E-state index contributed by atoms with van der Waals surface area (Å²) in [5, 5.41) is 2.86. The van der Waals surface area contributed by atoms with Gasteiger partial charge in [-0.15, -0.1) is 0 Å². The van der Waals surface area contributed by atoms with E-state index >= 15 is 0 Å². The Morgan fingerprint density at radius 3 is 2.27 bits per heavy atom. The van der Waals surface area contributed by atoms with Crippen LogP contribution in [0.15, 0.2) is 77.7 Å². The van der Waals surface area contributed by atoms with Crippen molar-refractivity contribution in [3.05, 3.63) is 78.4 Å². The predicted octanol–water partition coefficient (Wildman–Crippen LogP) is 4.21. The van der Waals surface area contributed by atoms with E-state index in [2.05, 4.69) is 22.3 Å². The number of carbonyl (C=O) groups excluding carboxylic acids is 1. The first-order valence-electron chi connectivity index (χ1n) is 12.3. The maximum absolute atomic E-state index is 13.6. The maximum Gasteiger partial charge on any atom is 0.264 e. The molecule has 1 fully saturated rings. The Balaban J connectivity index is 1.53. The Kier molecular flexibility index (Phi) is 8.55. The second-order valence-electron chi connectivity index (χ2n) is 8.85. The molecule has 1 heterocycles. The molecule has 0 aromatic heterocycles. The molecule has 3 aromatic rings. The Morgan fingerprint density at radius 1 is 0.919 bits per heavy atom. The molecule has 3 aromatic carbocycles. The summed E-state index contributed by atoms with van der Waals surface area (Å²) < 4.78 is 39.1. The average molecular weight is 524 g/mol. The number of ether oxygens (including phenoxy) is 2. The minimum atomic E-state index is -4.08. The van der Waals surface area contributed by atoms with Gasteiger partial charge in [0.2, 0.25) is 5.91 Å². The van der Waals surface area contributed by atoms with E-state index in [4.69, 9.17) is 9.47 Å². The number of anilines is 2. The third-order valence-corrected chi connectivity index (χ3v) is 8.19. The number of hydrogen-bond acceptors (Lipinski definition) is 6. The fraction of sp³-hybridized carbons (Fsp3) is 0.321. The van der Waals surface area contributed by atoms with E-state index < -0.39 is 22.5 Å². The number of benzene rings is 3. The molecule has 1 N–H and O–H groups in total. The minimum absolute atomic E-state index is 0.0703. The summed E-state index contributed by atoms with van der Waals surface area (Å²) >= 11 is 0. The Hall–Kier alpha value is -3.72. The van der Waals surface area contributed by atoms with Crippen molar-refractivity contribution in [2.24, 2.45) is 0 Å². The molecule has 8 nitrogen and oxygen atoms in total. The molecule has 1 aliphatic rings. The third kappa shape index (κ3) is 6.35. The highest BCUT2D eigenvalue weighted by atomic mass is 32.2. The van der Waals surface area contributed by atoms with Crippen molar-refractivity contribution in [3.8, 4) is 11.5 Å². The molecular weight excluding hydrogens is 490 g/mol. The van der Waals surface area contributed by atoms with E-state index in [0.29, 0.717) is 11.5 Å². The lowest BCUT2D eigenvalue weighted by Gasteiger charge is -2.29. The minimum Gasteiger partial charge on any atom is -0.497 e. The highest BCUT2D eigenvalue weighted by Gasteiger charge is 2.29. The molecule has 1 saturated heterocycles. The summed E-state index contributed by atoms with van der Waals surface area (Å²) in [5.74, 6) is 0.309. The SMILES string of the molecule is COc1ccc(OC)c(N(CC(=O)NCc2ccc(N3CCCCC3)cc2)S(=O)(=O)c2ccccc2)c1. The lowest BCUT2D eigenvalue weighted by atomic mass is 10.1. The summed E-state index contributed by atoms with van der Waals surface area (Å²) in [6.07, 6.45) is 3.69. The number of rotatable bonds is 10. The van der Waals surface area contributed by atoms with Gasteiger partial charge in [-0.05, 0) is 61.2 Å². The lowest BCUT2D eigenvalue weighted by molar-refractivity contribution is -0.119. The molecule has 0 spiro atoms. The zero-order valence-electron chi connectivity index (χ0n) is 21.2. The van der Waals surface area contributed by atoms with E-state index in [1.54, 1.807) is 36.4 Å². The molecule has 1 aliphatic heterocycles. The van der Waals surface area contributed by atoms with Gasteiger partial charge in [-0.3, -0.25) is 9.10 Å². The van der Waals surface area contributed by atoms with Gasteiger partial charge in [-0.2, -0.15) is 0 Å². The van der Waals surface area contributed by atoms with Crippen molar-refractivity contribution in [2.75, 3.05) is 43.1 Å². The number of hydrogen-bond donors (Lipinski definition) is 1. The fourth-order valence-electron chi connectivity index (χ4n) is 4.37. The van der Waals surface area contributed by atoms with Gasteiger partial charge in [0.25, 0.3) is 10.0 Å². The monoisotopic (exact) mass is 523 g/mol. The van der Waals surface area contributed by atoms with Crippen LogP contribution in [0.1, 0.15) is 24.8 Å². The van der Waals surface area contributed by atoms with E-state index in [1.165, 1.54) is 51.3 Å². The molecule has 9 heteroatoms. The molecule has 0 saturated carbocycles. The third-order valence-electron chi connectivity index (χ3n) is 6.42. The molecule has 37 heavy (non-hydrogen) atoms. The summed E-state index contributed by atoms with van der Waals surface area (Å²) in [6, 6.07) is 21.0. The topological polar surface area (TPSA) is 88.2 Å². The molecule has 4 rings (SSSR count). The van der Waals surface area contributed by atoms with Crippen molar-refractivity contribution in [1.82, 2.24) is 5.32 Å². The first-order valence-corrected chi connectivity index (χ1v) is 13.8. The van der Waals surface area contributed by atoms with E-state index in [0.717, 1.165) is 23.0 Å². The highest BCUT2D eigenvalue weighted by molar-refractivity contribution is 7.92. The van der Waals surface area contributed by atoms with Crippen molar-refractivity contribution < 1.29 is 22.7 Å². The molecular formula is C28H33N3O5S. The Bertz CT molecular complexity index is 1290.